The average Bonchev–Trinajstić information content (AvgIpc) is 2.37. The third-order valence-electron chi connectivity index (χ3n) is 3.15. The molecule has 1 aromatic rings. The summed E-state index contributed by atoms with van der Waals surface area (Å²) in [6.07, 6.45) is 6.17. The van der Waals surface area contributed by atoms with E-state index >= 15 is 0 Å². The zero-order valence-corrected chi connectivity index (χ0v) is 10.6. The SMILES string of the molecule is O=C(COC1CCCCC1)c1cccc(Cl)c1. The first kappa shape index (κ1) is 12.6. The molecular weight excluding hydrogens is 236 g/mol. The number of halogens is 1. The molecule has 1 saturated carbocycles. The van der Waals surface area contributed by atoms with Gasteiger partial charge in [-0.15, -0.1) is 0 Å². The lowest BCUT2D eigenvalue weighted by Crippen LogP contribution is -2.20. The minimum Gasteiger partial charge on any atom is -0.370 e. The Morgan fingerprint density at radius 1 is 1.29 bits per heavy atom. The fraction of sp³-hybridized carbons (Fsp3) is 0.500. The third kappa shape index (κ3) is 3.83. The molecule has 1 aliphatic carbocycles. The van der Waals surface area contributed by atoms with Crippen molar-refractivity contribution in [3.8, 4) is 0 Å². The van der Waals surface area contributed by atoms with Gasteiger partial charge in [0.1, 0.15) is 6.61 Å². The fourth-order valence-electron chi connectivity index (χ4n) is 2.17. The van der Waals surface area contributed by atoms with E-state index in [0.717, 1.165) is 12.8 Å². The number of ether oxygens (including phenoxy) is 1. The van der Waals surface area contributed by atoms with E-state index in [-0.39, 0.29) is 18.5 Å². The summed E-state index contributed by atoms with van der Waals surface area (Å²) in [6.45, 7) is 0.172. The number of hydrogen-bond acceptors (Lipinski definition) is 2. The van der Waals surface area contributed by atoms with Gasteiger partial charge in [-0.2, -0.15) is 0 Å². The smallest absolute Gasteiger partial charge is 0.188 e. The summed E-state index contributed by atoms with van der Waals surface area (Å²) in [7, 11) is 0. The summed E-state index contributed by atoms with van der Waals surface area (Å²) in [5, 5.41) is 0.591. The predicted molar refractivity (Wildman–Crippen MR) is 68.6 cm³/mol. The zero-order chi connectivity index (χ0) is 12.1. The van der Waals surface area contributed by atoms with Gasteiger partial charge >= 0.3 is 0 Å². The van der Waals surface area contributed by atoms with Gasteiger partial charge < -0.3 is 4.74 Å². The molecule has 0 heterocycles. The number of Topliss-reactive ketones (excluding diaryl/α,β-unsaturated/α-hetero) is 1. The summed E-state index contributed by atoms with van der Waals surface area (Å²) in [4.78, 5) is 11.9. The molecule has 1 aliphatic rings. The molecule has 2 rings (SSSR count). The molecule has 1 fully saturated rings. The zero-order valence-electron chi connectivity index (χ0n) is 9.82. The van der Waals surface area contributed by atoms with E-state index in [1.165, 1.54) is 19.3 Å². The number of rotatable bonds is 4. The molecule has 0 aromatic heterocycles. The van der Waals surface area contributed by atoms with Gasteiger partial charge in [-0.25, -0.2) is 0 Å². The van der Waals surface area contributed by atoms with Crippen LogP contribution in [0.25, 0.3) is 0 Å². The summed E-state index contributed by atoms with van der Waals surface area (Å²) in [5.74, 6) is 0.0121. The standard InChI is InChI=1S/C14H17ClO2/c15-12-6-4-5-11(9-12)14(16)10-17-13-7-2-1-3-8-13/h4-6,9,13H,1-3,7-8,10H2. The highest BCUT2D eigenvalue weighted by Crippen LogP contribution is 2.20. The largest absolute Gasteiger partial charge is 0.370 e. The molecule has 0 unspecified atom stereocenters. The van der Waals surface area contributed by atoms with E-state index in [2.05, 4.69) is 0 Å². The molecule has 0 atom stereocenters. The van der Waals surface area contributed by atoms with E-state index in [4.69, 9.17) is 16.3 Å². The lowest BCUT2D eigenvalue weighted by atomic mass is 9.98. The Morgan fingerprint density at radius 2 is 2.06 bits per heavy atom. The van der Waals surface area contributed by atoms with E-state index in [9.17, 15) is 4.79 Å². The second-order valence-electron chi connectivity index (χ2n) is 4.50. The lowest BCUT2D eigenvalue weighted by molar-refractivity contribution is 0.0284. The molecule has 92 valence electrons. The Bertz CT molecular complexity index is 384. The van der Waals surface area contributed by atoms with E-state index in [1.807, 2.05) is 0 Å². The van der Waals surface area contributed by atoms with Crippen LogP contribution in [0, 0.1) is 0 Å². The van der Waals surface area contributed by atoms with Crippen molar-refractivity contribution in [3.63, 3.8) is 0 Å². The number of carbonyl (C=O) groups is 1. The van der Waals surface area contributed by atoms with Crippen LogP contribution in [-0.2, 0) is 4.74 Å². The maximum Gasteiger partial charge on any atom is 0.188 e. The summed E-state index contributed by atoms with van der Waals surface area (Å²) < 4.78 is 5.65. The molecule has 0 N–H and O–H groups in total. The monoisotopic (exact) mass is 252 g/mol. The highest BCUT2D eigenvalue weighted by atomic mass is 35.5. The van der Waals surface area contributed by atoms with E-state index in [0.29, 0.717) is 10.6 Å². The summed E-state index contributed by atoms with van der Waals surface area (Å²) in [5.41, 5.74) is 0.633. The average molecular weight is 253 g/mol. The van der Waals surface area contributed by atoms with Crippen molar-refractivity contribution in [3.05, 3.63) is 34.9 Å². The van der Waals surface area contributed by atoms with Crippen LogP contribution >= 0.6 is 11.6 Å². The molecule has 0 spiro atoms. The van der Waals surface area contributed by atoms with Gasteiger partial charge in [0.2, 0.25) is 0 Å². The Hall–Kier alpha value is -0.860. The first-order valence-corrected chi connectivity index (χ1v) is 6.54. The van der Waals surface area contributed by atoms with Crippen LogP contribution in [0.3, 0.4) is 0 Å². The third-order valence-corrected chi connectivity index (χ3v) is 3.38. The van der Waals surface area contributed by atoms with Crippen molar-refractivity contribution in [2.24, 2.45) is 0 Å². The minimum atomic E-state index is 0.0121. The maximum atomic E-state index is 11.9. The van der Waals surface area contributed by atoms with Gasteiger partial charge in [0.05, 0.1) is 6.10 Å². The number of carbonyl (C=O) groups excluding carboxylic acids is 1. The lowest BCUT2D eigenvalue weighted by Gasteiger charge is -2.21. The van der Waals surface area contributed by atoms with Gasteiger partial charge in [-0.05, 0) is 25.0 Å². The minimum absolute atomic E-state index is 0.0121. The first-order valence-electron chi connectivity index (χ1n) is 6.16. The van der Waals surface area contributed by atoms with Gasteiger partial charge in [0.25, 0.3) is 0 Å². The quantitative estimate of drug-likeness (QED) is 0.761. The molecule has 0 bridgehead atoms. The van der Waals surface area contributed by atoms with Crippen LogP contribution in [0.4, 0.5) is 0 Å². The van der Waals surface area contributed by atoms with Crippen LogP contribution in [-0.4, -0.2) is 18.5 Å². The molecule has 1 aromatic carbocycles. The molecular formula is C14H17ClO2. The summed E-state index contributed by atoms with van der Waals surface area (Å²) >= 11 is 5.84. The van der Waals surface area contributed by atoms with Gasteiger partial charge in [-0.3, -0.25) is 4.79 Å². The van der Waals surface area contributed by atoms with Crippen molar-refractivity contribution in [1.82, 2.24) is 0 Å². The van der Waals surface area contributed by atoms with Crippen LogP contribution < -0.4 is 0 Å². The summed E-state index contributed by atoms with van der Waals surface area (Å²) in [6, 6.07) is 7.02. The Kier molecular flexibility index (Phi) is 4.57. The van der Waals surface area contributed by atoms with E-state index < -0.39 is 0 Å². The van der Waals surface area contributed by atoms with Crippen molar-refractivity contribution in [2.45, 2.75) is 38.2 Å². The number of hydrogen-bond donors (Lipinski definition) is 0. The predicted octanol–water partition coefficient (Wildman–Crippen LogP) is 3.87. The molecule has 0 saturated heterocycles. The normalized spacial score (nSPS) is 17.0. The molecule has 0 radical (unpaired) electrons. The van der Waals surface area contributed by atoms with Crippen molar-refractivity contribution < 1.29 is 9.53 Å². The van der Waals surface area contributed by atoms with Crippen molar-refractivity contribution in [2.75, 3.05) is 6.61 Å². The fourth-order valence-corrected chi connectivity index (χ4v) is 2.36. The Morgan fingerprint density at radius 3 is 2.76 bits per heavy atom. The molecule has 3 heteroatoms. The maximum absolute atomic E-state index is 11.9. The first-order chi connectivity index (χ1) is 8.25. The van der Waals surface area contributed by atoms with Crippen LogP contribution in [0.5, 0.6) is 0 Å². The van der Waals surface area contributed by atoms with Crippen LogP contribution in [0.1, 0.15) is 42.5 Å². The van der Waals surface area contributed by atoms with Crippen LogP contribution in [0.15, 0.2) is 24.3 Å². The number of ketones is 1. The van der Waals surface area contributed by atoms with Gasteiger partial charge in [0, 0.05) is 10.6 Å². The Labute approximate surface area is 107 Å². The number of benzene rings is 1. The molecule has 2 nitrogen and oxygen atoms in total. The topological polar surface area (TPSA) is 26.3 Å². The van der Waals surface area contributed by atoms with Crippen LogP contribution in [0.2, 0.25) is 5.02 Å². The van der Waals surface area contributed by atoms with E-state index in [1.54, 1.807) is 24.3 Å². The van der Waals surface area contributed by atoms with Gasteiger partial charge in [0.15, 0.2) is 5.78 Å². The van der Waals surface area contributed by atoms with Crippen molar-refractivity contribution in [1.29, 1.82) is 0 Å². The molecule has 0 aliphatic heterocycles. The second-order valence-corrected chi connectivity index (χ2v) is 4.94. The second kappa shape index (κ2) is 6.18. The highest BCUT2D eigenvalue weighted by Gasteiger charge is 2.15. The van der Waals surface area contributed by atoms with Crippen molar-refractivity contribution >= 4 is 17.4 Å². The highest BCUT2D eigenvalue weighted by molar-refractivity contribution is 6.31. The molecule has 17 heavy (non-hydrogen) atoms. The van der Waals surface area contributed by atoms with Gasteiger partial charge in [-0.1, -0.05) is 43.0 Å². The molecule has 0 amide bonds. The Balaban J connectivity index is 1.84.